The fraction of sp³-hybridized carbons (Fsp3) is 0.250. The second kappa shape index (κ2) is 5.68. The lowest BCUT2D eigenvalue weighted by atomic mass is 9.84. The quantitative estimate of drug-likeness (QED) is 0.737. The maximum absolute atomic E-state index is 11.8. The first-order chi connectivity index (χ1) is 12.9. The van der Waals surface area contributed by atoms with E-state index in [9.17, 15) is 13.5 Å². The minimum atomic E-state index is -3.33. The lowest BCUT2D eigenvalue weighted by Crippen LogP contribution is -2.33. The Hall–Kier alpha value is -2.64. The van der Waals surface area contributed by atoms with Gasteiger partial charge in [-0.3, -0.25) is 0 Å². The van der Waals surface area contributed by atoms with E-state index in [1.54, 1.807) is 12.4 Å². The van der Waals surface area contributed by atoms with Gasteiger partial charge in [0, 0.05) is 23.3 Å². The summed E-state index contributed by atoms with van der Waals surface area (Å²) in [5.74, 6) is 0.219. The highest BCUT2D eigenvalue weighted by atomic mass is 32.2. The van der Waals surface area contributed by atoms with Gasteiger partial charge in [-0.25, -0.2) is 13.4 Å². The summed E-state index contributed by atoms with van der Waals surface area (Å²) in [4.78, 5) is 4.46. The van der Waals surface area contributed by atoms with Crippen LogP contribution in [0.3, 0.4) is 0 Å². The van der Waals surface area contributed by atoms with Crippen molar-refractivity contribution in [3.05, 3.63) is 66.1 Å². The molecule has 3 heterocycles. The molecule has 1 N–H and O–H groups in total. The lowest BCUT2D eigenvalue weighted by molar-refractivity contribution is 0.0310. The Morgan fingerprint density at radius 3 is 2.81 bits per heavy atom. The molecule has 138 valence electrons. The smallest absolute Gasteiger partial charge is 0.175 e. The monoisotopic (exact) mass is 382 g/mol. The van der Waals surface area contributed by atoms with Crippen molar-refractivity contribution in [2.24, 2.45) is 5.92 Å². The van der Waals surface area contributed by atoms with Gasteiger partial charge in [0.05, 0.1) is 41.9 Å². The number of sulfone groups is 1. The zero-order valence-electron chi connectivity index (χ0n) is 14.6. The fourth-order valence-corrected chi connectivity index (χ4v) is 4.83. The van der Waals surface area contributed by atoms with E-state index in [2.05, 4.69) is 21.7 Å². The molecule has 5 rings (SSSR count). The van der Waals surface area contributed by atoms with Crippen LogP contribution >= 0.6 is 0 Å². The standard InChI is InChI=1S/C20H18N2O4S/c1-27(24,25)12-6-7-15-18(8-12)26-10-16(20(15)23)19-14-5-3-2-4-13(14)17-9-21-11-22(17)19/h2-9,11,16,19-20,23H,10H2,1H3/t16-,19-,20+/m0/s1. The number of hydrogen-bond donors (Lipinski definition) is 1. The Morgan fingerprint density at radius 1 is 1.19 bits per heavy atom. The SMILES string of the molecule is CS(=O)(=O)c1ccc2c(c1)OC[C@@H]([C@@H]1c3ccccc3-c3cncn31)[C@@H]2O. The molecule has 1 aromatic heterocycles. The molecule has 0 fully saturated rings. The topological polar surface area (TPSA) is 81.4 Å². The van der Waals surface area contributed by atoms with E-state index >= 15 is 0 Å². The minimum absolute atomic E-state index is 0.0866. The number of nitrogens with zero attached hydrogens (tertiary/aromatic N) is 2. The predicted molar refractivity (Wildman–Crippen MR) is 99.3 cm³/mol. The molecule has 0 bridgehead atoms. The Labute approximate surface area is 157 Å². The Morgan fingerprint density at radius 2 is 2.00 bits per heavy atom. The molecule has 2 aromatic carbocycles. The number of aromatic nitrogens is 2. The highest BCUT2D eigenvalue weighted by molar-refractivity contribution is 7.90. The molecule has 0 saturated carbocycles. The van der Waals surface area contributed by atoms with Gasteiger partial charge in [-0.15, -0.1) is 0 Å². The summed E-state index contributed by atoms with van der Waals surface area (Å²) < 4.78 is 31.6. The fourth-order valence-electron chi connectivity index (χ4n) is 4.20. The lowest BCUT2D eigenvalue weighted by Gasteiger charge is -2.35. The maximum atomic E-state index is 11.8. The summed E-state index contributed by atoms with van der Waals surface area (Å²) in [5, 5.41) is 11.1. The molecule has 0 radical (unpaired) electrons. The number of imidazole rings is 1. The molecule has 0 unspecified atom stereocenters. The first-order valence-electron chi connectivity index (χ1n) is 8.71. The van der Waals surface area contributed by atoms with E-state index in [0.29, 0.717) is 11.3 Å². The van der Waals surface area contributed by atoms with Gasteiger partial charge in [0.2, 0.25) is 0 Å². The zero-order valence-corrected chi connectivity index (χ0v) is 15.4. The van der Waals surface area contributed by atoms with Crippen molar-refractivity contribution in [2.45, 2.75) is 17.0 Å². The third kappa shape index (κ3) is 2.42. The average Bonchev–Trinajstić information content (AvgIpc) is 3.22. The van der Waals surface area contributed by atoms with Gasteiger partial charge < -0.3 is 14.4 Å². The number of rotatable bonds is 2. The van der Waals surface area contributed by atoms with Crippen molar-refractivity contribution >= 4 is 9.84 Å². The van der Waals surface area contributed by atoms with Crippen molar-refractivity contribution in [3.8, 4) is 17.0 Å². The van der Waals surface area contributed by atoms with Gasteiger partial charge in [0.15, 0.2) is 9.84 Å². The van der Waals surface area contributed by atoms with E-state index in [1.807, 2.05) is 18.3 Å². The highest BCUT2D eigenvalue weighted by Crippen LogP contribution is 2.49. The van der Waals surface area contributed by atoms with Gasteiger partial charge >= 0.3 is 0 Å². The van der Waals surface area contributed by atoms with Crippen LogP contribution in [0.4, 0.5) is 0 Å². The Kier molecular flexibility index (Phi) is 3.47. The van der Waals surface area contributed by atoms with Gasteiger partial charge in [-0.05, 0) is 17.7 Å². The summed E-state index contributed by atoms with van der Waals surface area (Å²) in [6.45, 7) is 0.290. The predicted octanol–water partition coefficient (Wildman–Crippen LogP) is 2.60. The van der Waals surface area contributed by atoms with Crippen LogP contribution in [-0.4, -0.2) is 35.9 Å². The molecular weight excluding hydrogens is 364 g/mol. The van der Waals surface area contributed by atoms with Crippen LogP contribution in [-0.2, 0) is 9.84 Å². The summed E-state index contributed by atoms with van der Waals surface area (Å²) in [5.41, 5.74) is 3.90. The van der Waals surface area contributed by atoms with Crippen LogP contribution in [0.2, 0.25) is 0 Å². The number of hydrogen-bond acceptors (Lipinski definition) is 5. The van der Waals surface area contributed by atoms with Gasteiger partial charge in [0.1, 0.15) is 5.75 Å². The van der Waals surface area contributed by atoms with Crippen molar-refractivity contribution in [2.75, 3.05) is 12.9 Å². The molecule has 0 aliphatic carbocycles. The second-order valence-corrected chi connectivity index (χ2v) is 9.13. The molecule has 3 aromatic rings. The number of ether oxygens (including phenoxy) is 1. The van der Waals surface area contributed by atoms with Crippen molar-refractivity contribution in [3.63, 3.8) is 0 Å². The number of aliphatic hydroxyl groups is 1. The van der Waals surface area contributed by atoms with Gasteiger partial charge in [-0.2, -0.15) is 0 Å². The molecule has 27 heavy (non-hydrogen) atoms. The largest absolute Gasteiger partial charge is 0.493 e. The minimum Gasteiger partial charge on any atom is -0.493 e. The first kappa shape index (κ1) is 16.5. The maximum Gasteiger partial charge on any atom is 0.175 e. The first-order valence-corrected chi connectivity index (χ1v) is 10.6. The molecule has 2 aliphatic heterocycles. The molecule has 0 amide bonds. The summed E-state index contributed by atoms with van der Waals surface area (Å²) in [7, 11) is -3.33. The van der Waals surface area contributed by atoms with Crippen LogP contribution < -0.4 is 4.74 Å². The Bertz CT molecular complexity index is 1150. The molecular formula is C20H18N2O4S. The molecule has 3 atom stereocenters. The van der Waals surface area contributed by atoms with Gasteiger partial charge in [-0.1, -0.05) is 30.3 Å². The van der Waals surface area contributed by atoms with E-state index in [4.69, 9.17) is 4.74 Å². The number of aliphatic hydroxyl groups excluding tert-OH is 1. The average molecular weight is 382 g/mol. The van der Waals surface area contributed by atoms with E-state index in [1.165, 1.54) is 12.1 Å². The molecule has 0 spiro atoms. The van der Waals surface area contributed by atoms with Crippen molar-refractivity contribution < 1.29 is 18.3 Å². The van der Waals surface area contributed by atoms with E-state index < -0.39 is 15.9 Å². The normalized spacial score (nSPS) is 23.3. The second-order valence-electron chi connectivity index (χ2n) is 7.11. The van der Waals surface area contributed by atoms with Crippen molar-refractivity contribution in [1.82, 2.24) is 9.55 Å². The highest BCUT2D eigenvalue weighted by Gasteiger charge is 2.41. The number of fused-ring (bicyclic) bond motifs is 4. The third-order valence-corrected chi connectivity index (χ3v) is 6.61. The van der Waals surface area contributed by atoms with Crippen LogP contribution in [0.15, 0.2) is 59.9 Å². The molecule has 6 nitrogen and oxygen atoms in total. The molecule has 0 saturated heterocycles. The molecule has 7 heteroatoms. The van der Waals surface area contributed by atoms with E-state index in [-0.39, 0.29) is 23.5 Å². The number of benzene rings is 2. The van der Waals surface area contributed by atoms with Gasteiger partial charge in [0.25, 0.3) is 0 Å². The van der Waals surface area contributed by atoms with Crippen LogP contribution in [0.1, 0.15) is 23.3 Å². The summed E-state index contributed by atoms with van der Waals surface area (Å²) >= 11 is 0. The van der Waals surface area contributed by atoms with Crippen LogP contribution in [0.5, 0.6) is 5.75 Å². The Balaban J connectivity index is 1.57. The van der Waals surface area contributed by atoms with Crippen LogP contribution in [0, 0.1) is 5.92 Å². The summed E-state index contributed by atoms with van der Waals surface area (Å²) in [6, 6.07) is 12.7. The zero-order chi connectivity index (χ0) is 18.8. The van der Waals surface area contributed by atoms with Crippen molar-refractivity contribution in [1.29, 1.82) is 0 Å². The molecule has 2 aliphatic rings. The third-order valence-electron chi connectivity index (χ3n) is 5.50. The van der Waals surface area contributed by atoms with E-state index in [0.717, 1.165) is 23.1 Å². The van der Waals surface area contributed by atoms with Crippen LogP contribution in [0.25, 0.3) is 11.3 Å². The summed E-state index contributed by atoms with van der Waals surface area (Å²) in [6.07, 6.45) is 4.01.